The van der Waals surface area contributed by atoms with Gasteiger partial charge in [0.15, 0.2) is 0 Å². The smallest absolute Gasteiger partial charge is 0.278 e. The molecule has 0 spiro atoms. The molecular weight excluding hydrogens is 294 g/mol. The molecule has 0 aliphatic carbocycles. The first-order chi connectivity index (χ1) is 9.78. The molecule has 1 N–H and O–H groups in total. The summed E-state index contributed by atoms with van der Waals surface area (Å²) in [5.74, 6) is -0.00442. The molecule has 0 aliphatic heterocycles. The van der Waals surface area contributed by atoms with Gasteiger partial charge in [-0.25, -0.2) is 8.42 Å². The van der Waals surface area contributed by atoms with Gasteiger partial charge in [0, 0.05) is 41.8 Å². The maximum Gasteiger partial charge on any atom is 0.278 e. The van der Waals surface area contributed by atoms with Crippen LogP contribution in [0.4, 0.5) is 11.4 Å². The molecule has 0 aliphatic rings. The number of aryl methyl sites for hydroxylation is 1. The third-order valence-corrected chi connectivity index (χ3v) is 3.95. The second kappa shape index (κ2) is 5.65. The van der Waals surface area contributed by atoms with Crippen LogP contribution in [0.3, 0.4) is 0 Å². The van der Waals surface area contributed by atoms with Crippen LogP contribution in [0, 0.1) is 17.0 Å². The van der Waals surface area contributed by atoms with Gasteiger partial charge in [0.05, 0.1) is 16.1 Å². The molecule has 1 heterocycles. The molecule has 21 heavy (non-hydrogen) atoms. The Morgan fingerprint density at radius 1 is 1.33 bits per heavy atom. The first kappa shape index (κ1) is 15.2. The predicted molar refractivity (Wildman–Crippen MR) is 81.3 cm³/mol. The van der Waals surface area contributed by atoms with Gasteiger partial charge >= 0.3 is 0 Å². The first-order valence-electron chi connectivity index (χ1n) is 6.23. The van der Waals surface area contributed by atoms with Gasteiger partial charge in [0.25, 0.3) is 5.69 Å². The Hall–Kier alpha value is -2.22. The molecule has 7 nitrogen and oxygen atoms in total. The van der Waals surface area contributed by atoms with Crippen molar-refractivity contribution in [2.75, 3.05) is 23.9 Å². The van der Waals surface area contributed by atoms with Crippen LogP contribution in [-0.2, 0) is 9.84 Å². The Kier molecular flexibility index (Phi) is 4.08. The number of nitrogens with zero attached hydrogens (tertiary/aromatic N) is 2. The fourth-order valence-corrected chi connectivity index (χ4v) is 2.49. The van der Waals surface area contributed by atoms with E-state index in [1.165, 1.54) is 12.3 Å². The summed E-state index contributed by atoms with van der Waals surface area (Å²) in [7, 11) is -3.06. The van der Waals surface area contributed by atoms with Crippen molar-refractivity contribution in [3.05, 3.63) is 40.2 Å². The monoisotopic (exact) mass is 309 g/mol. The summed E-state index contributed by atoms with van der Waals surface area (Å²) in [6, 6.07) is 4.72. The van der Waals surface area contributed by atoms with Crippen molar-refractivity contribution in [1.29, 1.82) is 0 Å². The number of nitrogens with one attached hydrogen (secondary N) is 1. The summed E-state index contributed by atoms with van der Waals surface area (Å²) < 4.78 is 22.3. The van der Waals surface area contributed by atoms with E-state index in [2.05, 4.69) is 10.3 Å². The number of hydrogen-bond acceptors (Lipinski definition) is 6. The zero-order valence-electron chi connectivity index (χ0n) is 11.7. The number of nitro benzene ring substituents is 1. The van der Waals surface area contributed by atoms with Crippen molar-refractivity contribution in [2.24, 2.45) is 0 Å². The van der Waals surface area contributed by atoms with E-state index in [-0.39, 0.29) is 18.0 Å². The number of pyridine rings is 1. The Balaban J connectivity index is 2.43. The fourth-order valence-electron chi connectivity index (χ4n) is 2.01. The molecule has 0 fully saturated rings. The van der Waals surface area contributed by atoms with Crippen LogP contribution >= 0.6 is 0 Å². The van der Waals surface area contributed by atoms with Crippen LogP contribution in [0.25, 0.3) is 10.8 Å². The van der Waals surface area contributed by atoms with Crippen LogP contribution in [-0.4, -0.2) is 36.9 Å². The zero-order valence-corrected chi connectivity index (χ0v) is 12.5. The van der Waals surface area contributed by atoms with Crippen molar-refractivity contribution < 1.29 is 13.3 Å². The third-order valence-electron chi connectivity index (χ3n) is 3.00. The standard InChI is InChI=1S/C13H15N3O4S/c1-9-7-10-11(8-15-9)13(16(17)18)4-3-12(10)14-5-6-21(2,19)20/h3-4,7-8,14H,5-6H2,1-2H3. The number of nitro groups is 1. The molecule has 2 rings (SSSR count). The Bertz CT molecular complexity index is 802. The highest BCUT2D eigenvalue weighted by Crippen LogP contribution is 2.31. The van der Waals surface area contributed by atoms with Crippen LogP contribution < -0.4 is 5.32 Å². The van der Waals surface area contributed by atoms with E-state index < -0.39 is 14.8 Å². The Morgan fingerprint density at radius 3 is 2.67 bits per heavy atom. The maximum atomic E-state index is 11.1. The summed E-state index contributed by atoms with van der Waals surface area (Å²) in [4.78, 5) is 14.7. The molecular formula is C13H15N3O4S. The number of rotatable bonds is 5. The van der Waals surface area contributed by atoms with Crippen molar-refractivity contribution in [1.82, 2.24) is 4.98 Å². The lowest BCUT2D eigenvalue weighted by molar-refractivity contribution is -0.383. The molecule has 1 aromatic heterocycles. The van der Waals surface area contributed by atoms with E-state index >= 15 is 0 Å². The van der Waals surface area contributed by atoms with Gasteiger partial charge in [0.2, 0.25) is 0 Å². The molecule has 8 heteroatoms. The van der Waals surface area contributed by atoms with E-state index in [1.807, 2.05) is 0 Å². The van der Waals surface area contributed by atoms with Gasteiger partial charge in [-0.3, -0.25) is 15.1 Å². The number of sulfone groups is 1. The second-order valence-corrected chi connectivity index (χ2v) is 7.08. The number of benzene rings is 1. The lowest BCUT2D eigenvalue weighted by Gasteiger charge is -2.10. The quantitative estimate of drug-likeness (QED) is 0.668. The van der Waals surface area contributed by atoms with Gasteiger partial charge in [-0.1, -0.05) is 0 Å². The van der Waals surface area contributed by atoms with Crippen molar-refractivity contribution in [3.8, 4) is 0 Å². The molecule has 0 saturated heterocycles. The number of anilines is 1. The Morgan fingerprint density at radius 2 is 2.05 bits per heavy atom. The van der Waals surface area contributed by atoms with Crippen molar-refractivity contribution in [2.45, 2.75) is 6.92 Å². The van der Waals surface area contributed by atoms with Gasteiger partial charge in [-0.2, -0.15) is 0 Å². The largest absolute Gasteiger partial charge is 0.384 e. The summed E-state index contributed by atoms with van der Waals surface area (Å²) in [5, 5.41) is 15.1. The first-order valence-corrected chi connectivity index (χ1v) is 8.29. The topological polar surface area (TPSA) is 102 Å². The number of hydrogen-bond donors (Lipinski definition) is 1. The lowest BCUT2D eigenvalue weighted by atomic mass is 10.1. The van der Waals surface area contributed by atoms with Gasteiger partial charge < -0.3 is 5.32 Å². The van der Waals surface area contributed by atoms with E-state index in [0.29, 0.717) is 16.5 Å². The molecule has 0 unspecified atom stereocenters. The van der Waals surface area contributed by atoms with Crippen LogP contribution in [0.15, 0.2) is 24.4 Å². The van der Waals surface area contributed by atoms with E-state index in [0.717, 1.165) is 11.9 Å². The number of non-ortho nitro benzene ring substituents is 1. The van der Waals surface area contributed by atoms with Crippen molar-refractivity contribution >= 4 is 32.0 Å². The second-order valence-electron chi connectivity index (χ2n) is 4.82. The third kappa shape index (κ3) is 3.66. The zero-order chi connectivity index (χ0) is 15.6. The SMILES string of the molecule is Cc1cc2c(NCCS(C)(=O)=O)ccc([N+](=O)[O-])c2cn1. The maximum absolute atomic E-state index is 11.1. The highest BCUT2D eigenvalue weighted by Gasteiger charge is 2.15. The minimum absolute atomic E-state index is 0.00442. The number of fused-ring (bicyclic) bond motifs is 1. The van der Waals surface area contributed by atoms with Crippen molar-refractivity contribution in [3.63, 3.8) is 0 Å². The molecule has 0 saturated carbocycles. The summed E-state index contributed by atoms with van der Waals surface area (Å²) in [5.41, 5.74) is 1.37. The Labute approximate surface area is 122 Å². The normalized spacial score (nSPS) is 11.5. The summed E-state index contributed by atoms with van der Waals surface area (Å²) in [6.07, 6.45) is 2.63. The average Bonchev–Trinajstić information content (AvgIpc) is 2.37. The predicted octanol–water partition coefficient (Wildman–Crippen LogP) is 1.91. The molecule has 2 aromatic rings. The molecule has 0 atom stereocenters. The van der Waals surface area contributed by atoms with Crippen LogP contribution in [0.2, 0.25) is 0 Å². The average molecular weight is 309 g/mol. The fraction of sp³-hybridized carbons (Fsp3) is 0.308. The molecule has 1 aromatic carbocycles. The van der Waals surface area contributed by atoms with E-state index in [9.17, 15) is 18.5 Å². The van der Waals surface area contributed by atoms with E-state index in [4.69, 9.17) is 0 Å². The van der Waals surface area contributed by atoms with Gasteiger partial charge in [-0.05, 0) is 19.1 Å². The molecule has 0 radical (unpaired) electrons. The lowest BCUT2D eigenvalue weighted by Crippen LogP contribution is -2.14. The molecule has 0 bridgehead atoms. The molecule has 112 valence electrons. The number of aromatic nitrogens is 1. The minimum atomic E-state index is -3.06. The minimum Gasteiger partial charge on any atom is -0.384 e. The van der Waals surface area contributed by atoms with Crippen LogP contribution in [0.5, 0.6) is 0 Å². The van der Waals surface area contributed by atoms with E-state index in [1.54, 1.807) is 19.1 Å². The summed E-state index contributed by atoms with van der Waals surface area (Å²) >= 11 is 0. The summed E-state index contributed by atoms with van der Waals surface area (Å²) in [6.45, 7) is 2.03. The molecule has 0 amide bonds. The van der Waals surface area contributed by atoms with Gasteiger partial charge in [0.1, 0.15) is 9.84 Å². The highest BCUT2D eigenvalue weighted by molar-refractivity contribution is 7.90. The van der Waals surface area contributed by atoms with Gasteiger partial charge in [-0.15, -0.1) is 0 Å². The van der Waals surface area contributed by atoms with Crippen LogP contribution in [0.1, 0.15) is 5.69 Å². The highest BCUT2D eigenvalue weighted by atomic mass is 32.2.